The molecule has 0 radical (unpaired) electrons. The zero-order valence-electron chi connectivity index (χ0n) is 12.0. The number of carboxylic acid groups (broad SMARTS) is 1. The van der Waals surface area contributed by atoms with Gasteiger partial charge >= 0.3 is 6.09 Å². The minimum absolute atomic E-state index is 0.544. The van der Waals surface area contributed by atoms with E-state index in [-0.39, 0.29) is 0 Å². The second-order valence-corrected chi connectivity index (χ2v) is 5.51. The smallest absolute Gasteiger partial charge is 0.407 e. The van der Waals surface area contributed by atoms with E-state index in [1.807, 2.05) is 6.07 Å². The van der Waals surface area contributed by atoms with Crippen LogP contribution in [0, 0.1) is 0 Å². The first-order valence-electron chi connectivity index (χ1n) is 7.32. The van der Waals surface area contributed by atoms with E-state index in [1.54, 1.807) is 6.20 Å². The van der Waals surface area contributed by atoms with Crippen molar-refractivity contribution >= 4 is 33.7 Å². The average molecular weight is 296 g/mol. The number of anilines is 1. The van der Waals surface area contributed by atoms with Gasteiger partial charge in [0.15, 0.2) is 0 Å². The number of H-pyrrole nitrogens is 1. The summed E-state index contributed by atoms with van der Waals surface area (Å²) < 4.78 is 0. The van der Waals surface area contributed by atoms with E-state index in [4.69, 9.17) is 5.11 Å². The van der Waals surface area contributed by atoms with Gasteiger partial charge in [-0.1, -0.05) is 0 Å². The van der Waals surface area contributed by atoms with Gasteiger partial charge in [-0.25, -0.2) is 9.78 Å². The van der Waals surface area contributed by atoms with E-state index < -0.39 is 6.09 Å². The third-order valence-corrected chi connectivity index (χ3v) is 4.27. The van der Waals surface area contributed by atoms with Crippen LogP contribution >= 0.6 is 0 Å². The van der Waals surface area contributed by atoms with E-state index >= 15 is 0 Å². The van der Waals surface area contributed by atoms with Gasteiger partial charge in [-0.15, -0.1) is 0 Å². The second-order valence-electron chi connectivity index (χ2n) is 5.51. The molecule has 1 fully saturated rings. The van der Waals surface area contributed by atoms with Gasteiger partial charge in [0.1, 0.15) is 5.65 Å². The summed E-state index contributed by atoms with van der Waals surface area (Å²) in [6.45, 7) is 2.53. The summed E-state index contributed by atoms with van der Waals surface area (Å²) in [7, 11) is 0. The lowest BCUT2D eigenvalue weighted by atomic mass is 10.1. The third kappa shape index (κ3) is 2.04. The zero-order chi connectivity index (χ0) is 15.1. The number of rotatable bonds is 1. The SMILES string of the molecule is O=C(O)N1CCN(c2ccc3[nH]c4ncccc4c3c2)CC1. The summed E-state index contributed by atoms with van der Waals surface area (Å²) >= 11 is 0. The topological polar surface area (TPSA) is 72.5 Å². The summed E-state index contributed by atoms with van der Waals surface area (Å²) in [5.41, 5.74) is 3.09. The van der Waals surface area contributed by atoms with Gasteiger partial charge < -0.3 is 19.9 Å². The fourth-order valence-electron chi connectivity index (χ4n) is 3.07. The molecule has 1 aromatic carbocycles. The Labute approximate surface area is 127 Å². The maximum atomic E-state index is 11.0. The number of nitrogens with one attached hydrogen (secondary N) is 1. The number of benzene rings is 1. The molecule has 22 heavy (non-hydrogen) atoms. The Balaban J connectivity index is 1.68. The molecule has 4 rings (SSSR count). The van der Waals surface area contributed by atoms with Gasteiger partial charge in [0.25, 0.3) is 0 Å². The summed E-state index contributed by atoms with van der Waals surface area (Å²) in [5.74, 6) is 0. The Morgan fingerprint density at radius 1 is 1.14 bits per heavy atom. The Morgan fingerprint density at radius 2 is 1.95 bits per heavy atom. The Hall–Kier alpha value is -2.76. The van der Waals surface area contributed by atoms with Crippen molar-refractivity contribution in [1.82, 2.24) is 14.9 Å². The number of piperazine rings is 1. The van der Waals surface area contributed by atoms with Crippen molar-refractivity contribution in [3.63, 3.8) is 0 Å². The standard InChI is InChI=1S/C16H16N4O2/c21-16(22)20-8-6-19(7-9-20)11-3-4-14-13(10-11)12-2-1-5-17-15(12)18-14/h1-5,10H,6-9H2,(H,17,18)(H,21,22). The van der Waals surface area contributed by atoms with Crippen LogP contribution in [0.1, 0.15) is 0 Å². The molecule has 0 bridgehead atoms. The molecule has 6 nitrogen and oxygen atoms in total. The van der Waals surface area contributed by atoms with Gasteiger partial charge in [-0.2, -0.15) is 0 Å². The summed E-state index contributed by atoms with van der Waals surface area (Å²) in [6.07, 6.45) is 0.946. The molecule has 3 aromatic rings. The average Bonchev–Trinajstić information content (AvgIpc) is 2.92. The largest absolute Gasteiger partial charge is 0.465 e. The maximum Gasteiger partial charge on any atom is 0.407 e. The van der Waals surface area contributed by atoms with Crippen molar-refractivity contribution in [2.75, 3.05) is 31.1 Å². The molecule has 2 N–H and O–H groups in total. The first-order valence-corrected chi connectivity index (χ1v) is 7.32. The Kier molecular flexibility index (Phi) is 2.89. The first-order chi connectivity index (χ1) is 10.7. The molecule has 1 aliphatic rings. The number of amides is 1. The lowest BCUT2D eigenvalue weighted by molar-refractivity contribution is 0.142. The van der Waals surface area contributed by atoms with Gasteiger partial charge in [-0.05, 0) is 30.3 Å². The highest BCUT2D eigenvalue weighted by Gasteiger charge is 2.20. The number of aromatic amines is 1. The van der Waals surface area contributed by atoms with Gasteiger partial charge in [0.2, 0.25) is 0 Å². The molecule has 0 atom stereocenters. The third-order valence-electron chi connectivity index (χ3n) is 4.27. The Bertz CT molecular complexity index is 850. The van der Waals surface area contributed by atoms with Crippen LogP contribution in [-0.2, 0) is 0 Å². The minimum atomic E-state index is -0.835. The summed E-state index contributed by atoms with van der Waals surface area (Å²) in [6, 6.07) is 10.3. The van der Waals surface area contributed by atoms with E-state index in [0.29, 0.717) is 13.1 Å². The molecule has 2 aromatic heterocycles. The lowest BCUT2D eigenvalue weighted by Crippen LogP contribution is -2.48. The molecule has 3 heterocycles. The molecular formula is C16H16N4O2. The van der Waals surface area contributed by atoms with Crippen molar-refractivity contribution in [2.45, 2.75) is 0 Å². The van der Waals surface area contributed by atoms with Crippen LogP contribution in [0.4, 0.5) is 10.5 Å². The quantitative estimate of drug-likeness (QED) is 0.723. The van der Waals surface area contributed by atoms with Crippen LogP contribution in [0.2, 0.25) is 0 Å². The van der Waals surface area contributed by atoms with Gasteiger partial charge in [-0.3, -0.25) is 0 Å². The number of pyridine rings is 1. The highest BCUT2D eigenvalue weighted by atomic mass is 16.4. The summed E-state index contributed by atoms with van der Waals surface area (Å²) in [5, 5.41) is 11.3. The van der Waals surface area contributed by atoms with Gasteiger partial charge in [0, 0.05) is 54.4 Å². The van der Waals surface area contributed by atoms with Crippen molar-refractivity contribution in [3.05, 3.63) is 36.5 Å². The number of fused-ring (bicyclic) bond motifs is 3. The summed E-state index contributed by atoms with van der Waals surface area (Å²) in [4.78, 5) is 22.3. The molecule has 6 heteroatoms. The van der Waals surface area contributed by atoms with E-state index in [1.165, 1.54) is 4.90 Å². The molecule has 1 saturated heterocycles. The van der Waals surface area contributed by atoms with Crippen LogP contribution in [0.15, 0.2) is 36.5 Å². The van der Waals surface area contributed by atoms with E-state index in [0.717, 1.165) is 40.7 Å². The van der Waals surface area contributed by atoms with E-state index in [9.17, 15) is 4.79 Å². The molecule has 0 saturated carbocycles. The van der Waals surface area contributed by atoms with Crippen molar-refractivity contribution in [1.29, 1.82) is 0 Å². The highest BCUT2D eigenvalue weighted by Crippen LogP contribution is 2.28. The molecular weight excluding hydrogens is 280 g/mol. The van der Waals surface area contributed by atoms with E-state index in [2.05, 4.69) is 39.1 Å². The fraction of sp³-hybridized carbons (Fsp3) is 0.250. The monoisotopic (exact) mass is 296 g/mol. The van der Waals surface area contributed by atoms with Crippen molar-refractivity contribution < 1.29 is 9.90 Å². The maximum absolute atomic E-state index is 11.0. The molecule has 0 unspecified atom stereocenters. The number of nitrogens with zero attached hydrogens (tertiary/aromatic N) is 3. The first kappa shape index (κ1) is 12.9. The van der Waals surface area contributed by atoms with Crippen molar-refractivity contribution in [3.8, 4) is 0 Å². The number of hydrogen-bond donors (Lipinski definition) is 2. The zero-order valence-corrected chi connectivity index (χ0v) is 12.0. The Morgan fingerprint density at radius 3 is 2.73 bits per heavy atom. The van der Waals surface area contributed by atoms with Crippen LogP contribution < -0.4 is 4.90 Å². The second kappa shape index (κ2) is 4.91. The lowest BCUT2D eigenvalue weighted by Gasteiger charge is -2.34. The van der Waals surface area contributed by atoms with Crippen LogP contribution in [-0.4, -0.2) is 52.2 Å². The molecule has 112 valence electrons. The normalized spacial score (nSPS) is 15.6. The van der Waals surface area contributed by atoms with Crippen LogP contribution in [0.5, 0.6) is 0 Å². The van der Waals surface area contributed by atoms with Crippen molar-refractivity contribution in [2.24, 2.45) is 0 Å². The molecule has 0 spiro atoms. The molecule has 1 amide bonds. The fourth-order valence-corrected chi connectivity index (χ4v) is 3.07. The number of hydrogen-bond acceptors (Lipinski definition) is 3. The predicted octanol–water partition coefficient (Wildman–Crippen LogP) is 2.52. The van der Waals surface area contributed by atoms with Gasteiger partial charge in [0.05, 0.1) is 0 Å². The van der Waals surface area contributed by atoms with Crippen LogP contribution in [0.25, 0.3) is 21.9 Å². The minimum Gasteiger partial charge on any atom is -0.465 e. The molecule has 0 aliphatic carbocycles. The number of carbonyl (C=O) groups is 1. The number of aromatic nitrogens is 2. The highest BCUT2D eigenvalue weighted by molar-refractivity contribution is 6.06. The van der Waals surface area contributed by atoms with Crippen LogP contribution in [0.3, 0.4) is 0 Å². The molecule has 1 aliphatic heterocycles. The predicted molar refractivity (Wildman–Crippen MR) is 85.4 cm³/mol.